The Morgan fingerprint density at radius 1 is 0.773 bits per heavy atom. The summed E-state index contributed by atoms with van der Waals surface area (Å²) in [6.07, 6.45) is 10.4. The van der Waals surface area contributed by atoms with E-state index in [4.69, 9.17) is 9.47 Å². The van der Waals surface area contributed by atoms with Crippen LogP contribution in [0.5, 0.6) is 0 Å². The third kappa shape index (κ3) is 15.3. The van der Waals surface area contributed by atoms with E-state index in [0.717, 1.165) is 32.1 Å². The van der Waals surface area contributed by atoms with Crippen molar-refractivity contribution in [2.45, 2.75) is 97.5 Å². The van der Waals surface area contributed by atoms with Crippen molar-refractivity contribution in [2.24, 2.45) is 0 Å². The van der Waals surface area contributed by atoms with E-state index in [1.54, 1.807) is 0 Å². The molecular formula is C18H34O4. The first kappa shape index (κ1) is 20.9. The lowest BCUT2D eigenvalue weighted by atomic mass is 10.1. The van der Waals surface area contributed by atoms with Gasteiger partial charge in [-0.25, -0.2) is 0 Å². The van der Waals surface area contributed by atoms with Gasteiger partial charge >= 0.3 is 11.9 Å². The van der Waals surface area contributed by atoms with E-state index in [0.29, 0.717) is 19.4 Å². The summed E-state index contributed by atoms with van der Waals surface area (Å²) in [6.45, 7) is 6.44. The summed E-state index contributed by atoms with van der Waals surface area (Å²) >= 11 is 0. The van der Waals surface area contributed by atoms with Crippen LogP contribution < -0.4 is 0 Å². The minimum atomic E-state index is -0.152. The number of carbonyl (C=O) groups is 2. The topological polar surface area (TPSA) is 52.6 Å². The van der Waals surface area contributed by atoms with Crippen molar-refractivity contribution in [1.82, 2.24) is 0 Å². The molecule has 0 aliphatic heterocycles. The predicted octanol–water partition coefficient (Wildman–Crippen LogP) is 4.79. The average Bonchev–Trinajstić information content (AvgIpc) is 2.45. The zero-order valence-electron chi connectivity index (χ0n) is 14.7. The van der Waals surface area contributed by atoms with Gasteiger partial charge in [0.25, 0.3) is 0 Å². The Morgan fingerprint density at radius 2 is 1.32 bits per heavy atom. The molecule has 0 heterocycles. The molecule has 0 saturated carbocycles. The molecule has 0 radical (unpaired) electrons. The van der Waals surface area contributed by atoms with E-state index in [-0.39, 0.29) is 18.0 Å². The standard InChI is InChI=1S/C18H34O4/c1-4-5-6-7-8-12-15-21-17(19)13-10-9-11-14-18(20)22-16(2)3/h16H,4-15H2,1-3H3. The normalized spacial score (nSPS) is 10.7. The van der Waals surface area contributed by atoms with Crippen LogP contribution in [0, 0.1) is 0 Å². The van der Waals surface area contributed by atoms with Gasteiger partial charge in [-0.1, -0.05) is 45.4 Å². The molecule has 0 aromatic rings. The highest BCUT2D eigenvalue weighted by Gasteiger charge is 2.06. The van der Waals surface area contributed by atoms with E-state index in [9.17, 15) is 9.59 Å². The molecule has 0 aliphatic rings. The fourth-order valence-corrected chi connectivity index (χ4v) is 2.18. The van der Waals surface area contributed by atoms with Gasteiger partial charge in [-0.05, 0) is 33.1 Å². The van der Waals surface area contributed by atoms with Crippen molar-refractivity contribution in [3.05, 3.63) is 0 Å². The lowest BCUT2D eigenvalue weighted by molar-refractivity contribution is -0.147. The highest BCUT2D eigenvalue weighted by Crippen LogP contribution is 2.08. The second-order valence-corrected chi connectivity index (χ2v) is 6.09. The molecule has 0 aromatic heterocycles. The van der Waals surface area contributed by atoms with E-state index < -0.39 is 0 Å². The van der Waals surface area contributed by atoms with Crippen molar-refractivity contribution < 1.29 is 19.1 Å². The summed E-state index contributed by atoms with van der Waals surface area (Å²) in [5.74, 6) is -0.265. The Bertz CT molecular complexity index is 287. The van der Waals surface area contributed by atoms with Crippen molar-refractivity contribution in [1.29, 1.82) is 0 Å². The summed E-state index contributed by atoms with van der Waals surface area (Å²) in [5.41, 5.74) is 0. The maximum absolute atomic E-state index is 11.5. The molecule has 0 unspecified atom stereocenters. The first-order chi connectivity index (χ1) is 10.6. The number of ether oxygens (including phenoxy) is 2. The summed E-state index contributed by atoms with van der Waals surface area (Å²) in [5, 5.41) is 0. The smallest absolute Gasteiger partial charge is 0.306 e. The van der Waals surface area contributed by atoms with Crippen molar-refractivity contribution >= 4 is 11.9 Å². The van der Waals surface area contributed by atoms with Crippen LogP contribution in [0.2, 0.25) is 0 Å². The molecule has 0 spiro atoms. The highest BCUT2D eigenvalue weighted by atomic mass is 16.5. The Labute approximate surface area is 135 Å². The summed E-state index contributed by atoms with van der Waals surface area (Å²) in [6, 6.07) is 0. The van der Waals surface area contributed by atoms with Gasteiger partial charge in [-0.3, -0.25) is 9.59 Å². The van der Waals surface area contributed by atoms with E-state index in [2.05, 4.69) is 6.92 Å². The maximum Gasteiger partial charge on any atom is 0.306 e. The molecule has 22 heavy (non-hydrogen) atoms. The van der Waals surface area contributed by atoms with Crippen LogP contribution in [0.3, 0.4) is 0 Å². The molecule has 0 saturated heterocycles. The van der Waals surface area contributed by atoms with Gasteiger partial charge in [0.2, 0.25) is 0 Å². The lowest BCUT2D eigenvalue weighted by Crippen LogP contribution is -2.11. The van der Waals surface area contributed by atoms with Crippen molar-refractivity contribution in [3.63, 3.8) is 0 Å². The Morgan fingerprint density at radius 3 is 1.95 bits per heavy atom. The Balaban J connectivity index is 3.31. The fourth-order valence-electron chi connectivity index (χ4n) is 2.18. The van der Waals surface area contributed by atoms with Gasteiger partial charge in [0.1, 0.15) is 0 Å². The third-order valence-corrected chi connectivity index (χ3v) is 3.39. The molecule has 0 amide bonds. The zero-order chi connectivity index (χ0) is 16.6. The van der Waals surface area contributed by atoms with E-state index in [1.807, 2.05) is 13.8 Å². The second-order valence-electron chi connectivity index (χ2n) is 6.09. The van der Waals surface area contributed by atoms with Gasteiger partial charge in [0, 0.05) is 12.8 Å². The minimum Gasteiger partial charge on any atom is -0.466 e. The first-order valence-corrected chi connectivity index (χ1v) is 8.91. The molecule has 0 atom stereocenters. The number of esters is 2. The Kier molecular flexibility index (Phi) is 14.1. The molecule has 0 bridgehead atoms. The average molecular weight is 314 g/mol. The number of rotatable bonds is 14. The summed E-state index contributed by atoms with van der Waals surface area (Å²) in [7, 11) is 0. The van der Waals surface area contributed by atoms with Gasteiger partial charge in [0.05, 0.1) is 12.7 Å². The highest BCUT2D eigenvalue weighted by molar-refractivity contribution is 5.70. The zero-order valence-corrected chi connectivity index (χ0v) is 14.7. The number of carbonyl (C=O) groups excluding carboxylic acids is 2. The molecular weight excluding hydrogens is 280 g/mol. The largest absolute Gasteiger partial charge is 0.466 e. The molecule has 4 heteroatoms. The van der Waals surface area contributed by atoms with Crippen LogP contribution in [-0.2, 0) is 19.1 Å². The molecule has 0 aromatic carbocycles. The third-order valence-electron chi connectivity index (χ3n) is 3.39. The number of hydrogen-bond donors (Lipinski definition) is 0. The second kappa shape index (κ2) is 14.9. The van der Waals surface area contributed by atoms with Crippen LogP contribution in [0.1, 0.15) is 91.4 Å². The SMILES string of the molecule is CCCCCCCCOC(=O)CCCCCC(=O)OC(C)C. The molecule has 0 N–H and O–H groups in total. The van der Waals surface area contributed by atoms with Crippen LogP contribution in [0.25, 0.3) is 0 Å². The van der Waals surface area contributed by atoms with Crippen LogP contribution in [0.15, 0.2) is 0 Å². The summed E-state index contributed by atoms with van der Waals surface area (Å²) < 4.78 is 10.2. The quantitative estimate of drug-likeness (QED) is 0.341. The number of hydrogen-bond acceptors (Lipinski definition) is 4. The van der Waals surface area contributed by atoms with Crippen LogP contribution in [0.4, 0.5) is 0 Å². The van der Waals surface area contributed by atoms with Crippen molar-refractivity contribution in [3.8, 4) is 0 Å². The van der Waals surface area contributed by atoms with Gasteiger partial charge in [-0.2, -0.15) is 0 Å². The first-order valence-electron chi connectivity index (χ1n) is 8.91. The minimum absolute atomic E-state index is 0.0514. The van der Waals surface area contributed by atoms with Gasteiger partial charge in [0.15, 0.2) is 0 Å². The van der Waals surface area contributed by atoms with Gasteiger partial charge in [-0.15, -0.1) is 0 Å². The molecule has 0 aliphatic carbocycles. The number of unbranched alkanes of at least 4 members (excludes halogenated alkanes) is 7. The lowest BCUT2D eigenvalue weighted by Gasteiger charge is -2.07. The van der Waals surface area contributed by atoms with Gasteiger partial charge < -0.3 is 9.47 Å². The Hall–Kier alpha value is -1.06. The molecule has 0 fully saturated rings. The predicted molar refractivity (Wildman–Crippen MR) is 88.6 cm³/mol. The molecule has 4 nitrogen and oxygen atoms in total. The van der Waals surface area contributed by atoms with Crippen LogP contribution in [-0.4, -0.2) is 24.6 Å². The van der Waals surface area contributed by atoms with E-state index >= 15 is 0 Å². The van der Waals surface area contributed by atoms with Crippen molar-refractivity contribution in [2.75, 3.05) is 6.61 Å². The maximum atomic E-state index is 11.5. The molecule has 130 valence electrons. The monoisotopic (exact) mass is 314 g/mol. The fraction of sp³-hybridized carbons (Fsp3) is 0.889. The van der Waals surface area contributed by atoms with E-state index in [1.165, 1.54) is 25.7 Å². The summed E-state index contributed by atoms with van der Waals surface area (Å²) in [4.78, 5) is 22.8. The van der Waals surface area contributed by atoms with Crippen LogP contribution >= 0.6 is 0 Å². The molecule has 0 rings (SSSR count).